The Morgan fingerprint density at radius 2 is 2.30 bits per heavy atom. The number of rotatable bonds is 1. The lowest BCUT2D eigenvalue weighted by molar-refractivity contribution is 1.06. The zero-order chi connectivity index (χ0) is 7.56. The van der Waals surface area contributed by atoms with Crippen molar-refractivity contribution in [1.82, 2.24) is 9.97 Å². The van der Waals surface area contributed by atoms with Gasteiger partial charge in [0, 0.05) is 7.05 Å². The molecule has 1 rings (SSSR count). The van der Waals surface area contributed by atoms with Gasteiger partial charge in [-0.05, 0) is 6.92 Å². The number of nitrogen functional groups attached to an aromatic ring is 1. The van der Waals surface area contributed by atoms with Crippen LogP contribution in [-0.4, -0.2) is 17.0 Å². The van der Waals surface area contributed by atoms with Crippen molar-refractivity contribution in [2.24, 2.45) is 0 Å². The van der Waals surface area contributed by atoms with Crippen LogP contribution in [0.4, 0.5) is 11.5 Å². The molecule has 0 saturated carbocycles. The Morgan fingerprint density at radius 3 is 2.80 bits per heavy atom. The molecule has 4 nitrogen and oxygen atoms in total. The minimum absolute atomic E-state index is 0.577. The predicted molar refractivity (Wildman–Crippen MR) is 40.7 cm³/mol. The molecular weight excluding hydrogens is 128 g/mol. The SMILES string of the molecule is CNc1nc(C)ncc1N. The van der Waals surface area contributed by atoms with Crippen LogP contribution in [0, 0.1) is 6.92 Å². The summed E-state index contributed by atoms with van der Waals surface area (Å²) in [6, 6.07) is 0. The van der Waals surface area contributed by atoms with Crippen molar-refractivity contribution < 1.29 is 0 Å². The zero-order valence-corrected chi connectivity index (χ0v) is 6.05. The van der Waals surface area contributed by atoms with Gasteiger partial charge in [-0.1, -0.05) is 0 Å². The van der Waals surface area contributed by atoms with Gasteiger partial charge in [0.15, 0.2) is 5.82 Å². The highest BCUT2D eigenvalue weighted by atomic mass is 15.0. The van der Waals surface area contributed by atoms with Crippen LogP contribution in [0.3, 0.4) is 0 Å². The standard InChI is InChI=1S/C6H10N4/c1-4-9-3-5(7)6(8-2)10-4/h3H,7H2,1-2H3,(H,8,9,10). The van der Waals surface area contributed by atoms with E-state index in [1.165, 1.54) is 0 Å². The molecule has 0 spiro atoms. The van der Waals surface area contributed by atoms with E-state index >= 15 is 0 Å². The molecule has 0 atom stereocenters. The van der Waals surface area contributed by atoms with Crippen LogP contribution < -0.4 is 11.1 Å². The fourth-order valence-electron chi connectivity index (χ4n) is 0.680. The average Bonchev–Trinajstić information content (AvgIpc) is 1.94. The van der Waals surface area contributed by atoms with Crippen molar-refractivity contribution in [2.75, 3.05) is 18.1 Å². The molecule has 4 heteroatoms. The monoisotopic (exact) mass is 138 g/mol. The summed E-state index contributed by atoms with van der Waals surface area (Å²) in [5.74, 6) is 1.41. The maximum atomic E-state index is 5.51. The van der Waals surface area contributed by atoms with E-state index in [1.807, 2.05) is 6.92 Å². The van der Waals surface area contributed by atoms with Crippen LogP contribution >= 0.6 is 0 Å². The summed E-state index contributed by atoms with van der Waals surface area (Å²) in [4.78, 5) is 7.96. The second kappa shape index (κ2) is 2.51. The molecule has 0 amide bonds. The fraction of sp³-hybridized carbons (Fsp3) is 0.333. The highest BCUT2D eigenvalue weighted by molar-refractivity contribution is 5.58. The number of hydrogen-bond acceptors (Lipinski definition) is 4. The number of nitrogens with zero attached hydrogens (tertiary/aromatic N) is 2. The van der Waals surface area contributed by atoms with Crippen molar-refractivity contribution in [3.05, 3.63) is 12.0 Å². The van der Waals surface area contributed by atoms with Gasteiger partial charge in [-0.2, -0.15) is 0 Å². The van der Waals surface area contributed by atoms with E-state index in [1.54, 1.807) is 13.2 Å². The van der Waals surface area contributed by atoms with Gasteiger partial charge < -0.3 is 11.1 Å². The molecule has 0 fully saturated rings. The lowest BCUT2D eigenvalue weighted by Gasteiger charge is -2.01. The molecule has 1 heterocycles. The molecule has 0 bridgehead atoms. The van der Waals surface area contributed by atoms with Gasteiger partial charge in [0.1, 0.15) is 5.82 Å². The van der Waals surface area contributed by atoms with Crippen molar-refractivity contribution in [3.63, 3.8) is 0 Å². The van der Waals surface area contributed by atoms with Gasteiger partial charge in [-0.15, -0.1) is 0 Å². The molecule has 1 aromatic rings. The lowest BCUT2D eigenvalue weighted by atomic mass is 10.5. The Hall–Kier alpha value is -1.32. The van der Waals surface area contributed by atoms with Crippen LogP contribution in [0.15, 0.2) is 6.20 Å². The molecular formula is C6H10N4. The van der Waals surface area contributed by atoms with Crippen LogP contribution in [0.25, 0.3) is 0 Å². The van der Waals surface area contributed by atoms with Gasteiger partial charge in [-0.25, -0.2) is 9.97 Å². The zero-order valence-electron chi connectivity index (χ0n) is 6.05. The summed E-state index contributed by atoms with van der Waals surface area (Å²) in [5.41, 5.74) is 6.09. The van der Waals surface area contributed by atoms with E-state index in [2.05, 4.69) is 15.3 Å². The van der Waals surface area contributed by atoms with Gasteiger partial charge >= 0.3 is 0 Å². The van der Waals surface area contributed by atoms with Crippen LogP contribution in [0.1, 0.15) is 5.82 Å². The number of aryl methyl sites for hydroxylation is 1. The summed E-state index contributed by atoms with van der Waals surface area (Å²) in [7, 11) is 1.78. The van der Waals surface area contributed by atoms with Gasteiger partial charge in [0.25, 0.3) is 0 Å². The third-order valence-corrected chi connectivity index (χ3v) is 1.17. The summed E-state index contributed by atoms with van der Waals surface area (Å²) >= 11 is 0. The van der Waals surface area contributed by atoms with E-state index in [0.717, 1.165) is 5.82 Å². The number of hydrogen-bond donors (Lipinski definition) is 2. The van der Waals surface area contributed by atoms with E-state index in [9.17, 15) is 0 Å². The molecule has 0 aliphatic carbocycles. The molecule has 0 radical (unpaired) electrons. The maximum absolute atomic E-state index is 5.51. The first kappa shape index (κ1) is 6.80. The van der Waals surface area contributed by atoms with Crippen molar-refractivity contribution in [1.29, 1.82) is 0 Å². The minimum atomic E-state index is 0.577. The first-order chi connectivity index (χ1) is 4.74. The Labute approximate surface area is 59.5 Å². The molecule has 1 aromatic heterocycles. The minimum Gasteiger partial charge on any atom is -0.394 e. The predicted octanol–water partition coefficient (Wildman–Crippen LogP) is 0.409. The Balaban J connectivity index is 3.09. The second-order valence-electron chi connectivity index (χ2n) is 1.97. The Kier molecular flexibility index (Phi) is 1.71. The molecule has 54 valence electrons. The highest BCUT2D eigenvalue weighted by Crippen LogP contribution is 2.11. The van der Waals surface area contributed by atoms with Crippen molar-refractivity contribution >= 4 is 11.5 Å². The summed E-state index contributed by atoms with van der Waals surface area (Å²) in [6.07, 6.45) is 1.59. The quantitative estimate of drug-likeness (QED) is 0.590. The summed E-state index contributed by atoms with van der Waals surface area (Å²) in [6.45, 7) is 1.82. The van der Waals surface area contributed by atoms with E-state index in [4.69, 9.17) is 5.73 Å². The van der Waals surface area contributed by atoms with E-state index in [0.29, 0.717) is 11.5 Å². The average molecular weight is 138 g/mol. The van der Waals surface area contributed by atoms with Crippen LogP contribution in [-0.2, 0) is 0 Å². The number of aromatic nitrogens is 2. The normalized spacial score (nSPS) is 9.40. The third kappa shape index (κ3) is 1.15. The maximum Gasteiger partial charge on any atom is 0.152 e. The molecule has 0 unspecified atom stereocenters. The fourth-order valence-corrected chi connectivity index (χ4v) is 0.680. The lowest BCUT2D eigenvalue weighted by Crippen LogP contribution is -2.01. The van der Waals surface area contributed by atoms with Gasteiger partial charge in [0.05, 0.1) is 11.9 Å². The van der Waals surface area contributed by atoms with E-state index in [-0.39, 0.29) is 0 Å². The molecule has 0 aliphatic heterocycles. The first-order valence-corrected chi connectivity index (χ1v) is 3.01. The second-order valence-corrected chi connectivity index (χ2v) is 1.97. The van der Waals surface area contributed by atoms with Crippen molar-refractivity contribution in [2.45, 2.75) is 6.92 Å². The van der Waals surface area contributed by atoms with Crippen LogP contribution in [0.2, 0.25) is 0 Å². The smallest absolute Gasteiger partial charge is 0.152 e. The number of nitrogens with two attached hydrogens (primary N) is 1. The molecule has 0 aliphatic rings. The topological polar surface area (TPSA) is 63.8 Å². The third-order valence-electron chi connectivity index (χ3n) is 1.17. The highest BCUT2D eigenvalue weighted by Gasteiger charge is 1.96. The van der Waals surface area contributed by atoms with Crippen LogP contribution in [0.5, 0.6) is 0 Å². The van der Waals surface area contributed by atoms with Gasteiger partial charge in [-0.3, -0.25) is 0 Å². The largest absolute Gasteiger partial charge is 0.394 e. The molecule has 0 saturated heterocycles. The summed E-state index contributed by atoms with van der Waals surface area (Å²) < 4.78 is 0. The van der Waals surface area contributed by atoms with Gasteiger partial charge in [0.2, 0.25) is 0 Å². The Bertz CT molecular complexity index is 233. The Morgan fingerprint density at radius 1 is 1.60 bits per heavy atom. The molecule has 10 heavy (non-hydrogen) atoms. The first-order valence-electron chi connectivity index (χ1n) is 3.01. The summed E-state index contributed by atoms with van der Waals surface area (Å²) in [5, 5.41) is 2.86. The molecule has 0 aromatic carbocycles. The molecule has 3 N–H and O–H groups in total. The number of anilines is 2. The van der Waals surface area contributed by atoms with Crippen molar-refractivity contribution in [3.8, 4) is 0 Å². The number of nitrogens with one attached hydrogen (secondary N) is 1. The van der Waals surface area contributed by atoms with E-state index < -0.39 is 0 Å².